The molecule has 0 radical (unpaired) electrons. The number of hydrazine groups is 1. The molecule has 1 atom stereocenters. The molecule has 1 amide bonds. The van der Waals surface area contributed by atoms with Crippen molar-refractivity contribution in [1.82, 2.24) is 20.4 Å². The van der Waals surface area contributed by atoms with Gasteiger partial charge in [0.25, 0.3) is 5.91 Å². The van der Waals surface area contributed by atoms with Crippen LogP contribution in [0.15, 0.2) is 10.6 Å². The highest BCUT2D eigenvalue weighted by molar-refractivity contribution is 5.91. The molecule has 2 aliphatic rings. The lowest BCUT2D eigenvalue weighted by Crippen LogP contribution is -2.49. The fraction of sp³-hybridized carbons (Fsp3) is 0.667. The number of fused-ring (bicyclic) bond motifs is 1. The number of hydrogen-bond acceptors (Lipinski definition) is 6. The van der Waals surface area contributed by atoms with Crippen molar-refractivity contribution in [3.05, 3.63) is 17.5 Å². The predicted molar refractivity (Wildman–Crippen MR) is 68.0 cm³/mol. The lowest BCUT2D eigenvalue weighted by molar-refractivity contribution is 0.0917. The summed E-state index contributed by atoms with van der Waals surface area (Å²) < 4.78 is 5.18. The zero-order valence-electron chi connectivity index (χ0n) is 10.8. The van der Waals surface area contributed by atoms with Gasteiger partial charge in [-0.25, -0.2) is 5.84 Å². The van der Waals surface area contributed by atoms with Crippen LogP contribution in [0, 0.1) is 0 Å². The van der Waals surface area contributed by atoms with Crippen LogP contribution >= 0.6 is 0 Å². The molecule has 3 heterocycles. The summed E-state index contributed by atoms with van der Waals surface area (Å²) >= 11 is 0. The van der Waals surface area contributed by atoms with Crippen molar-refractivity contribution in [2.45, 2.75) is 25.4 Å². The van der Waals surface area contributed by atoms with Crippen LogP contribution in [0.25, 0.3) is 0 Å². The molecule has 2 fully saturated rings. The molecule has 3 rings (SSSR count). The van der Waals surface area contributed by atoms with Crippen molar-refractivity contribution in [3.63, 3.8) is 0 Å². The quantitative estimate of drug-likeness (QED) is 0.437. The molecule has 1 aromatic rings. The second-order valence-electron chi connectivity index (χ2n) is 5.22. The van der Waals surface area contributed by atoms with Gasteiger partial charge in [0.1, 0.15) is 0 Å². The maximum absolute atomic E-state index is 11.3. The van der Waals surface area contributed by atoms with Crippen LogP contribution in [-0.2, 0) is 6.54 Å². The molecule has 0 saturated carbocycles. The van der Waals surface area contributed by atoms with E-state index in [9.17, 15) is 4.79 Å². The Morgan fingerprint density at radius 3 is 3.26 bits per heavy atom. The van der Waals surface area contributed by atoms with Crippen molar-refractivity contribution in [1.29, 1.82) is 0 Å². The number of carbonyl (C=O) groups excluding carboxylic acids is 1. The summed E-state index contributed by atoms with van der Waals surface area (Å²) in [5, 5.41) is 3.71. The van der Waals surface area contributed by atoms with Gasteiger partial charge in [0.2, 0.25) is 0 Å². The van der Waals surface area contributed by atoms with E-state index in [4.69, 9.17) is 10.4 Å². The first-order valence-corrected chi connectivity index (χ1v) is 6.69. The standard InChI is InChI=1S/C12H19N5O2/c13-14-12(18)11-6-10(19-15-11)8-16-4-5-17-3-1-2-9(17)7-16/h6,9H,1-5,7-8,13H2,(H,14,18). The molecule has 7 nitrogen and oxygen atoms in total. The van der Waals surface area contributed by atoms with Gasteiger partial charge >= 0.3 is 0 Å². The Balaban J connectivity index is 1.59. The molecule has 0 spiro atoms. The average Bonchev–Trinajstić information content (AvgIpc) is 3.06. The van der Waals surface area contributed by atoms with Crippen LogP contribution in [0.2, 0.25) is 0 Å². The first kappa shape index (κ1) is 12.6. The maximum Gasteiger partial charge on any atom is 0.287 e. The van der Waals surface area contributed by atoms with E-state index in [0.29, 0.717) is 18.3 Å². The van der Waals surface area contributed by atoms with Crippen molar-refractivity contribution < 1.29 is 9.32 Å². The first-order chi connectivity index (χ1) is 9.26. The monoisotopic (exact) mass is 265 g/mol. The summed E-state index contributed by atoms with van der Waals surface area (Å²) in [4.78, 5) is 16.2. The second-order valence-corrected chi connectivity index (χ2v) is 5.22. The van der Waals surface area contributed by atoms with E-state index in [2.05, 4.69) is 15.0 Å². The van der Waals surface area contributed by atoms with Gasteiger partial charge in [0.15, 0.2) is 11.5 Å². The summed E-state index contributed by atoms with van der Waals surface area (Å²) in [6.45, 7) is 5.17. The molecular weight excluding hydrogens is 246 g/mol. The number of nitrogens with two attached hydrogens (primary N) is 1. The molecule has 1 aromatic heterocycles. The zero-order chi connectivity index (χ0) is 13.2. The van der Waals surface area contributed by atoms with Crippen molar-refractivity contribution in [2.24, 2.45) is 5.84 Å². The van der Waals surface area contributed by atoms with E-state index in [1.807, 2.05) is 5.43 Å². The summed E-state index contributed by atoms with van der Waals surface area (Å²) in [6, 6.07) is 2.34. The number of hydrogen-bond donors (Lipinski definition) is 2. The molecule has 3 N–H and O–H groups in total. The highest BCUT2D eigenvalue weighted by Gasteiger charge is 2.30. The average molecular weight is 265 g/mol. The van der Waals surface area contributed by atoms with Gasteiger partial charge in [-0.2, -0.15) is 0 Å². The normalized spacial score (nSPS) is 24.4. The Kier molecular flexibility index (Phi) is 3.50. The van der Waals surface area contributed by atoms with E-state index in [0.717, 1.165) is 19.6 Å². The van der Waals surface area contributed by atoms with Crippen LogP contribution in [0.4, 0.5) is 0 Å². The van der Waals surface area contributed by atoms with Gasteiger partial charge in [-0.05, 0) is 19.4 Å². The third-order valence-electron chi connectivity index (χ3n) is 3.97. The molecule has 104 valence electrons. The van der Waals surface area contributed by atoms with E-state index < -0.39 is 5.91 Å². The van der Waals surface area contributed by atoms with Gasteiger partial charge in [-0.1, -0.05) is 5.16 Å². The van der Waals surface area contributed by atoms with Crippen LogP contribution in [-0.4, -0.2) is 53.1 Å². The Morgan fingerprint density at radius 2 is 2.42 bits per heavy atom. The second kappa shape index (κ2) is 5.28. The molecule has 19 heavy (non-hydrogen) atoms. The zero-order valence-corrected chi connectivity index (χ0v) is 10.8. The number of nitrogens with zero attached hydrogens (tertiary/aromatic N) is 3. The smallest absolute Gasteiger partial charge is 0.287 e. The number of nitrogens with one attached hydrogen (secondary N) is 1. The minimum atomic E-state index is -0.421. The van der Waals surface area contributed by atoms with E-state index in [1.165, 1.54) is 19.4 Å². The van der Waals surface area contributed by atoms with Gasteiger partial charge in [0.05, 0.1) is 6.54 Å². The minimum absolute atomic E-state index is 0.233. The molecule has 0 aliphatic carbocycles. The maximum atomic E-state index is 11.3. The first-order valence-electron chi connectivity index (χ1n) is 6.69. The van der Waals surface area contributed by atoms with E-state index >= 15 is 0 Å². The largest absolute Gasteiger partial charge is 0.359 e. The number of nitrogen functional groups attached to an aromatic ring is 1. The fourth-order valence-electron chi connectivity index (χ4n) is 2.99. The number of carbonyl (C=O) groups is 1. The summed E-state index contributed by atoms with van der Waals surface area (Å²) in [5.74, 6) is 5.35. The highest BCUT2D eigenvalue weighted by Crippen LogP contribution is 2.22. The molecule has 2 aliphatic heterocycles. The highest BCUT2D eigenvalue weighted by atomic mass is 16.5. The van der Waals surface area contributed by atoms with Crippen molar-refractivity contribution >= 4 is 5.91 Å². The predicted octanol–water partition coefficient (Wildman–Crippen LogP) is -0.442. The minimum Gasteiger partial charge on any atom is -0.359 e. The number of piperazine rings is 1. The lowest BCUT2D eigenvalue weighted by atomic mass is 10.1. The van der Waals surface area contributed by atoms with Crippen LogP contribution in [0.1, 0.15) is 29.1 Å². The third-order valence-corrected chi connectivity index (χ3v) is 3.97. The van der Waals surface area contributed by atoms with Gasteiger partial charge in [0, 0.05) is 31.7 Å². The Labute approximate surface area is 111 Å². The Bertz CT molecular complexity index is 461. The molecule has 2 saturated heterocycles. The van der Waals surface area contributed by atoms with Crippen LogP contribution in [0.5, 0.6) is 0 Å². The van der Waals surface area contributed by atoms with Crippen molar-refractivity contribution in [2.75, 3.05) is 26.2 Å². The number of aromatic nitrogens is 1. The third kappa shape index (κ3) is 2.63. The molecular formula is C12H19N5O2. The molecule has 7 heteroatoms. The van der Waals surface area contributed by atoms with Gasteiger partial charge < -0.3 is 4.52 Å². The SMILES string of the molecule is NNC(=O)c1cc(CN2CCN3CCCC3C2)on1. The van der Waals surface area contributed by atoms with Gasteiger partial charge in [-0.15, -0.1) is 0 Å². The Hall–Kier alpha value is -1.44. The topological polar surface area (TPSA) is 87.6 Å². The van der Waals surface area contributed by atoms with E-state index in [1.54, 1.807) is 6.07 Å². The fourth-order valence-corrected chi connectivity index (χ4v) is 2.99. The molecule has 0 aromatic carbocycles. The van der Waals surface area contributed by atoms with Crippen LogP contribution < -0.4 is 11.3 Å². The summed E-state index contributed by atoms with van der Waals surface area (Å²) in [7, 11) is 0. The molecule has 1 unspecified atom stereocenters. The number of rotatable bonds is 3. The lowest BCUT2D eigenvalue weighted by Gasteiger charge is -2.36. The number of amides is 1. The van der Waals surface area contributed by atoms with Crippen molar-refractivity contribution in [3.8, 4) is 0 Å². The molecule has 0 bridgehead atoms. The summed E-state index contributed by atoms with van der Waals surface area (Å²) in [5.41, 5.74) is 2.28. The Morgan fingerprint density at radius 1 is 1.53 bits per heavy atom. The van der Waals surface area contributed by atoms with Crippen LogP contribution in [0.3, 0.4) is 0 Å². The summed E-state index contributed by atoms with van der Waals surface area (Å²) in [6.07, 6.45) is 2.59. The van der Waals surface area contributed by atoms with E-state index in [-0.39, 0.29) is 5.69 Å². The van der Waals surface area contributed by atoms with Gasteiger partial charge in [-0.3, -0.25) is 20.0 Å².